The molecule has 3 aromatic rings. The normalized spacial score (nSPS) is 10.7. The molecule has 0 fully saturated rings. The van der Waals surface area contributed by atoms with E-state index in [9.17, 15) is 4.79 Å². The fraction of sp³-hybridized carbons (Fsp3) is 0.333. The molecule has 3 heterocycles. The Bertz CT molecular complexity index is 872. The van der Waals surface area contributed by atoms with Crippen LogP contribution in [0, 0.1) is 13.8 Å². The van der Waals surface area contributed by atoms with E-state index in [1.807, 2.05) is 25.3 Å². The van der Waals surface area contributed by atoms with Gasteiger partial charge >= 0.3 is 0 Å². The zero-order valence-corrected chi connectivity index (χ0v) is 15.7. The van der Waals surface area contributed by atoms with Gasteiger partial charge in [0.25, 0.3) is 0 Å². The standard InChI is InChI=1S/C18H22N6OS/c1-13-6-10-26-15(13)3-4-18(25)20-8-7-19-16-11-17(22-12-21-16)24-9-5-14(2)23-24/h5-6,9-12H,3-4,7-8H2,1-2H3,(H,20,25)(H,19,21,22). The van der Waals surface area contributed by atoms with Gasteiger partial charge in [0.05, 0.1) is 5.69 Å². The Morgan fingerprint density at radius 1 is 1.23 bits per heavy atom. The average molecular weight is 370 g/mol. The molecule has 3 aromatic heterocycles. The Morgan fingerprint density at radius 3 is 2.85 bits per heavy atom. The van der Waals surface area contributed by atoms with Gasteiger partial charge in [0, 0.05) is 36.7 Å². The number of nitrogens with one attached hydrogen (secondary N) is 2. The Balaban J connectivity index is 1.41. The second-order valence-corrected chi connectivity index (χ2v) is 6.97. The van der Waals surface area contributed by atoms with Crippen molar-refractivity contribution in [1.82, 2.24) is 25.1 Å². The fourth-order valence-corrected chi connectivity index (χ4v) is 3.39. The minimum atomic E-state index is 0.0648. The van der Waals surface area contributed by atoms with E-state index in [0.717, 1.165) is 12.1 Å². The molecule has 0 bridgehead atoms. The van der Waals surface area contributed by atoms with Gasteiger partial charge < -0.3 is 10.6 Å². The van der Waals surface area contributed by atoms with Crippen molar-refractivity contribution in [3.8, 4) is 5.82 Å². The van der Waals surface area contributed by atoms with Crippen LogP contribution < -0.4 is 10.6 Å². The number of carbonyl (C=O) groups excluding carboxylic acids is 1. The predicted molar refractivity (Wildman–Crippen MR) is 103 cm³/mol. The summed E-state index contributed by atoms with van der Waals surface area (Å²) >= 11 is 1.70. The van der Waals surface area contributed by atoms with Gasteiger partial charge in [-0.25, -0.2) is 14.6 Å². The van der Waals surface area contributed by atoms with Gasteiger partial charge in [-0.2, -0.15) is 5.10 Å². The molecule has 2 N–H and O–H groups in total. The van der Waals surface area contributed by atoms with Gasteiger partial charge in [0.15, 0.2) is 5.82 Å². The SMILES string of the molecule is Cc1ccn(-c2cc(NCCNC(=O)CCc3sccc3C)ncn2)n1. The van der Waals surface area contributed by atoms with E-state index in [0.29, 0.717) is 31.1 Å². The van der Waals surface area contributed by atoms with E-state index in [4.69, 9.17) is 0 Å². The molecule has 0 radical (unpaired) electrons. The smallest absolute Gasteiger partial charge is 0.220 e. The lowest BCUT2D eigenvalue weighted by atomic mass is 10.2. The van der Waals surface area contributed by atoms with Gasteiger partial charge in [-0.3, -0.25) is 4.79 Å². The van der Waals surface area contributed by atoms with Gasteiger partial charge in [-0.15, -0.1) is 11.3 Å². The molecular weight excluding hydrogens is 348 g/mol. The van der Waals surface area contributed by atoms with Crippen molar-refractivity contribution in [1.29, 1.82) is 0 Å². The number of carbonyl (C=O) groups is 1. The molecule has 26 heavy (non-hydrogen) atoms. The third-order valence-electron chi connectivity index (χ3n) is 3.91. The highest BCUT2D eigenvalue weighted by Crippen LogP contribution is 2.17. The van der Waals surface area contributed by atoms with E-state index in [1.165, 1.54) is 16.8 Å². The number of anilines is 1. The highest BCUT2D eigenvalue weighted by molar-refractivity contribution is 7.10. The molecule has 3 rings (SSSR count). The van der Waals surface area contributed by atoms with Crippen LogP contribution in [0.15, 0.2) is 36.1 Å². The van der Waals surface area contributed by atoms with Gasteiger partial charge in [-0.1, -0.05) is 0 Å². The van der Waals surface area contributed by atoms with Crippen molar-refractivity contribution >= 4 is 23.1 Å². The van der Waals surface area contributed by atoms with Crippen molar-refractivity contribution in [2.24, 2.45) is 0 Å². The van der Waals surface area contributed by atoms with Gasteiger partial charge in [0.1, 0.15) is 12.1 Å². The maximum atomic E-state index is 11.9. The molecule has 0 aliphatic rings. The molecule has 0 atom stereocenters. The van der Waals surface area contributed by atoms with E-state index < -0.39 is 0 Å². The summed E-state index contributed by atoms with van der Waals surface area (Å²) in [5.41, 5.74) is 2.19. The van der Waals surface area contributed by atoms with Crippen LogP contribution >= 0.6 is 11.3 Å². The molecule has 0 saturated heterocycles. The topological polar surface area (TPSA) is 84.7 Å². The second-order valence-electron chi connectivity index (χ2n) is 5.97. The Kier molecular flexibility index (Phi) is 5.96. The number of aromatic nitrogens is 4. The van der Waals surface area contributed by atoms with Crippen LogP contribution in [0.25, 0.3) is 5.82 Å². The van der Waals surface area contributed by atoms with Crippen molar-refractivity contribution in [3.05, 3.63) is 52.2 Å². The lowest BCUT2D eigenvalue weighted by Gasteiger charge is -2.08. The molecule has 136 valence electrons. The predicted octanol–water partition coefficient (Wildman–Crippen LogP) is 2.50. The first-order valence-electron chi connectivity index (χ1n) is 8.50. The average Bonchev–Trinajstić information content (AvgIpc) is 3.25. The number of hydrogen-bond donors (Lipinski definition) is 2. The number of nitrogens with zero attached hydrogens (tertiary/aromatic N) is 4. The molecular formula is C18H22N6OS. The summed E-state index contributed by atoms with van der Waals surface area (Å²) in [4.78, 5) is 21.6. The number of hydrogen-bond acceptors (Lipinski definition) is 6. The van der Waals surface area contributed by atoms with Crippen LogP contribution in [0.5, 0.6) is 0 Å². The zero-order valence-electron chi connectivity index (χ0n) is 14.9. The maximum absolute atomic E-state index is 11.9. The molecule has 0 aliphatic heterocycles. The lowest BCUT2D eigenvalue weighted by Crippen LogP contribution is -2.29. The third-order valence-corrected chi connectivity index (χ3v) is 4.99. The molecule has 8 heteroatoms. The number of amides is 1. The van der Waals surface area contributed by atoms with Gasteiger partial charge in [0.2, 0.25) is 5.91 Å². The minimum Gasteiger partial charge on any atom is -0.368 e. The largest absolute Gasteiger partial charge is 0.368 e. The van der Waals surface area contributed by atoms with Crippen molar-refractivity contribution < 1.29 is 4.79 Å². The Morgan fingerprint density at radius 2 is 2.12 bits per heavy atom. The van der Waals surface area contributed by atoms with E-state index in [-0.39, 0.29) is 5.91 Å². The highest BCUT2D eigenvalue weighted by Gasteiger charge is 2.06. The van der Waals surface area contributed by atoms with Gasteiger partial charge in [-0.05, 0) is 43.3 Å². The van der Waals surface area contributed by atoms with Crippen LogP contribution in [-0.2, 0) is 11.2 Å². The first kappa shape index (κ1) is 18.1. The van der Waals surface area contributed by atoms with Crippen LogP contribution in [0.2, 0.25) is 0 Å². The summed E-state index contributed by atoms with van der Waals surface area (Å²) in [6, 6.07) is 5.83. The summed E-state index contributed by atoms with van der Waals surface area (Å²) < 4.78 is 1.70. The lowest BCUT2D eigenvalue weighted by molar-refractivity contribution is -0.120. The minimum absolute atomic E-state index is 0.0648. The molecule has 0 spiro atoms. The quantitative estimate of drug-likeness (QED) is 0.595. The summed E-state index contributed by atoms with van der Waals surface area (Å²) in [7, 11) is 0. The Labute approximate surface area is 156 Å². The van der Waals surface area contributed by atoms with Crippen molar-refractivity contribution in [3.63, 3.8) is 0 Å². The number of aryl methyl sites for hydroxylation is 3. The van der Waals surface area contributed by atoms with Crippen molar-refractivity contribution in [2.75, 3.05) is 18.4 Å². The highest BCUT2D eigenvalue weighted by atomic mass is 32.1. The molecule has 0 aromatic carbocycles. The van der Waals surface area contributed by atoms with Crippen LogP contribution in [0.3, 0.4) is 0 Å². The van der Waals surface area contributed by atoms with E-state index in [1.54, 1.807) is 16.0 Å². The zero-order chi connectivity index (χ0) is 18.4. The molecule has 0 saturated carbocycles. The Hall–Kier alpha value is -2.74. The maximum Gasteiger partial charge on any atom is 0.220 e. The van der Waals surface area contributed by atoms with Crippen LogP contribution in [0.4, 0.5) is 5.82 Å². The number of thiophene rings is 1. The van der Waals surface area contributed by atoms with Crippen LogP contribution in [0.1, 0.15) is 22.6 Å². The first-order valence-corrected chi connectivity index (χ1v) is 9.38. The van der Waals surface area contributed by atoms with E-state index in [2.05, 4.69) is 44.1 Å². The summed E-state index contributed by atoms with van der Waals surface area (Å²) in [6.45, 7) is 5.15. The summed E-state index contributed by atoms with van der Waals surface area (Å²) in [6.07, 6.45) is 4.66. The third kappa shape index (κ3) is 4.89. The second kappa shape index (κ2) is 8.57. The summed E-state index contributed by atoms with van der Waals surface area (Å²) in [5, 5.41) is 12.5. The first-order chi connectivity index (χ1) is 12.6. The number of rotatable bonds is 8. The monoisotopic (exact) mass is 370 g/mol. The van der Waals surface area contributed by atoms with Crippen molar-refractivity contribution in [2.45, 2.75) is 26.7 Å². The fourth-order valence-electron chi connectivity index (χ4n) is 2.48. The molecule has 0 unspecified atom stereocenters. The summed E-state index contributed by atoms with van der Waals surface area (Å²) in [5.74, 6) is 1.47. The van der Waals surface area contributed by atoms with E-state index >= 15 is 0 Å². The molecule has 1 amide bonds. The molecule has 7 nitrogen and oxygen atoms in total. The van der Waals surface area contributed by atoms with Crippen LogP contribution in [-0.4, -0.2) is 38.7 Å². The molecule has 0 aliphatic carbocycles.